The van der Waals surface area contributed by atoms with Gasteiger partial charge in [-0.25, -0.2) is 0 Å². The van der Waals surface area contributed by atoms with Crippen LogP contribution in [0.15, 0.2) is 41.8 Å². The highest BCUT2D eigenvalue weighted by atomic mass is 32.1. The molecule has 0 aliphatic heterocycles. The van der Waals surface area contributed by atoms with Crippen LogP contribution >= 0.6 is 22.7 Å². The third-order valence-electron chi connectivity index (χ3n) is 3.40. The molecule has 0 saturated heterocycles. The molecule has 0 aliphatic rings. The first-order valence-corrected chi connectivity index (χ1v) is 8.27. The van der Waals surface area contributed by atoms with Gasteiger partial charge in [-0.2, -0.15) is 0 Å². The Hall–Kier alpha value is -1.16. The van der Waals surface area contributed by atoms with Crippen molar-refractivity contribution in [3.63, 3.8) is 0 Å². The van der Waals surface area contributed by atoms with Gasteiger partial charge in [-0.05, 0) is 47.4 Å². The first-order valence-electron chi connectivity index (χ1n) is 6.57. The summed E-state index contributed by atoms with van der Waals surface area (Å²) in [6.07, 6.45) is 2.02. The molecule has 2 aromatic heterocycles. The van der Waals surface area contributed by atoms with Gasteiger partial charge in [-0.15, -0.1) is 22.7 Å². The van der Waals surface area contributed by atoms with Crippen molar-refractivity contribution in [2.75, 3.05) is 0 Å². The molecule has 0 amide bonds. The van der Waals surface area contributed by atoms with E-state index in [-0.39, 0.29) is 6.04 Å². The number of hydrogen-bond donors (Lipinski definition) is 1. The number of fused-ring (bicyclic) bond motifs is 1. The van der Waals surface area contributed by atoms with Crippen LogP contribution in [0.4, 0.5) is 0 Å². The zero-order valence-corrected chi connectivity index (χ0v) is 12.6. The van der Waals surface area contributed by atoms with Gasteiger partial charge in [0.05, 0.1) is 0 Å². The summed E-state index contributed by atoms with van der Waals surface area (Å²) in [5.41, 5.74) is 7.73. The highest BCUT2D eigenvalue weighted by Crippen LogP contribution is 2.30. The SMILES string of the molecule is CCc1ccc(C(N)Cc2csc3ccccc23)s1. The molecule has 0 bridgehead atoms. The van der Waals surface area contributed by atoms with Crippen molar-refractivity contribution in [3.05, 3.63) is 57.1 Å². The Kier molecular flexibility index (Phi) is 3.69. The van der Waals surface area contributed by atoms with Gasteiger partial charge in [-0.1, -0.05) is 25.1 Å². The molecule has 3 aromatic rings. The molecule has 1 unspecified atom stereocenters. The first-order chi connectivity index (χ1) is 9.28. The molecule has 0 saturated carbocycles. The fourth-order valence-electron chi connectivity index (χ4n) is 2.31. The van der Waals surface area contributed by atoms with Crippen LogP contribution in [0.25, 0.3) is 10.1 Å². The van der Waals surface area contributed by atoms with Crippen LogP contribution in [0.1, 0.15) is 28.3 Å². The van der Waals surface area contributed by atoms with Gasteiger partial charge in [0.1, 0.15) is 0 Å². The quantitative estimate of drug-likeness (QED) is 0.735. The lowest BCUT2D eigenvalue weighted by molar-refractivity contribution is 0.742. The molecule has 0 aliphatic carbocycles. The Morgan fingerprint density at radius 2 is 2.00 bits per heavy atom. The van der Waals surface area contributed by atoms with Crippen molar-refractivity contribution < 1.29 is 0 Å². The van der Waals surface area contributed by atoms with Gasteiger partial charge < -0.3 is 5.73 Å². The van der Waals surface area contributed by atoms with Crippen molar-refractivity contribution in [3.8, 4) is 0 Å². The Morgan fingerprint density at radius 1 is 1.16 bits per heavy atom. The number of thiophene rings is 2. The maximum absolute atomic E-state index is 6.36. The second-order valence-electron chi connectivity index (χ2n) is 4.73. The molecular formula is C16H17NS2. The molecule has 2 heterocycles. The molecule has 3 rings (SSSR count). The van der Waals surface area contributed by atoms with E-state index in [0.717, 1.165) is 12.8 Å². The predicted octanol–water partition coefficient (Wildman–Crippen LogP) is 4.77. The Bertz CT molecular complexity index is 681. The summed E-state index contributed by atoms with van der Waals surface area (Å²) in [6.45, 7) is 2.19. The molecule has 1 atom stereocenters. The summed E-state index contributed by atoms with van der Waals surface area (Å²) >= 11 is 3.66. The molecule has 1 aromatic carbocycles. The van der Waals surface area contributed by atoms with E-state index in [1.807, 2.05) is 22.7 Å². The second kappa shape index (κ2) is 5.45. The summed E-state index contributed by atoms with van der Waals surface area (Å²) in [6, 6.07) is 13.1. The van der Waals surface area contributed by atoms with Crippen molar-refractivity contribution in [1.29, 1.82) is 0 Å². The molecule has 0 radical (unpaired) electrons. The minimum absolute atomic E-state index is 0.114. The molecule has 0 fully saturated rings. The van der Waals surface area contributed by atoms with E-state index in [1.165, 1.54) is 25.4 Å². The van der Waals surface area contributed by atoms with Crippen LogP contribution in [0.2, 0.25) is 0 Å². The monoisotopic (exact) mass is 287 g/mol. The van der Waals surface area contributed by atoms with Crippen molar-refractivity contribution in [2.45, 2.75) is 25.8 Å². The number of rotatable bonds is 4. The van der Waals surface area contributed by atoms with E-state index in [4.69, 9.17) is 5.73 Å². The smallest absolute Gasteiger partial charge is 0.0431 e. The van der Waals surface area contributed by atoms with Crippen molar-refractivity contribution >= 4 is 32.8 Å². The molecular weight excluding hydrogens is 270 g/mol. The van der Waals surface area contributed by atoms with Crippen molar-refractivity contribution in [2.24, 2.45) is 5.73 Å². The van der Waals surface area contributed by atoms with Gasteiger partial charge >= 0.3 is 0 Å². The van der Waals surface area contributed by atoms with E-state index >= 15 is 0 Å². The van der Waals surface area contributed by atoms with Crippen LogP contribution in [-0.2, 0) is 12.8 Å². The van der Waals surface area contributed by atoms with Crippen LogP contribution in [0, 0.1) is 0 Å². The molecule has 3 heteroatoms. The second-order valence-corrected chi connectivity index (χ2v) is 6.84. The minimum atomic E-state index is 0.114. The summed E-state index contributed by atoms with van der Waals surface area (Å²) < 4.78 is 1.35. The lowest BCUT2D eigenvalue weighted by Crippen LogP contribution is -2.11. The van der Waals surface area contributed by atoms with E-state index in [9.17, 15) is 0 Å². The van der Waals surface area contributed by atoms with Crippen LogP contribution in [-0.4, -0.2) is 0 Å². The topological polar surface area (TPSA) is 26.0 Å². The van der Waals surface area contributed by atoms with Gasteiger partial charge in [0.2, 0.25) is 0 Å². The van der Waals surface area contributed by atoms with Gasteiger partial charge in [-0.3, -0.25) is 0 Å². The molecule has 98 valence electrons. The van der Waals surface area contributed by atoms with E-state index in [2.05, 4.69) is 48.7 Å². The standard InChI is InChI=1S/C16H17NS2/c1-2-12-7-8-16(19-12)14(17)9-11-10-18-15-6-4-3-5-13(11)15/h3-8,10,14H,2,9,17H2,1H3. The summed E-state index contributed by atoms with van der Waals surface area (Å²) in [5.74, 6) is 0. The summed E-state index contributed by atoms with van der Waals surface area (Å²) in [4.78, 5) is 2.72. The highest BCUT2D eigenvalue weighted by molar-refractivity contribution is 7.17. The Balaban J connectivity index is 1.84. The Morgan fingerprint density at radius 3 is 2.79 bits per heavy atom. The molecule has 19 heavy (non-hydrogen) atoms. The van der Waals surface area contributed by atoms with Crippen LogP contribution < -0.4 is 5.73 Å². The highest BCUT2D eigenvalue weighted by Gasteiger charge is 2.12. The average molecular weight is 287 g/mol. The fraction of sp³-hybridized carbons (Fsp3) is 0.250. The summed E-state index contributed by atoms with van der Waals surface area (Å²) in [5, 5.41) is 3.61. The van der Waals surface area contributed by atoms with Crippen molar-refractivity contribution in [1.82, 2.24) is 0 Å². The summed E-state index contributed by atoms with van der Waals surface area (Å²) in [7, 11) is 0. The largest absolute Gasteiger partial charge is 0.323 e. The number of nitrogens with two attached hydrogens (primary N) is 1. The van der Waals surface area contributed by atoms with Gasteiger partial charge in [0, 0.05) is 20.5 Å². The maximum Gasteiger partial charge on any atom is 0.0431 e. The van der Waals surface area contributed by atoms with Crippen LogP contribution in [0.5, 0.6) is 0 Å². The van der Waals surface area contributed by atoms with Gasteiger partial charge in [0.25, 0.3) is 0 Å². The first kappa shape index (κ1) is 12.9. The lowest BCUT2D eigenvalue weighted by Gasteiger charge is -2.08. The van der Waals surface area contributed by atoms with E-state index in [1.54, 1.807) is 0 Å². The van der Waals surface area contributed by atoms with Gasteiger partial charge in [0.15, 0.2) is 0 Å². The number of benzene rings is 1. The lowest BCUT2D eigenvalue weighted by atomic mass is 10.0. The minimum Gasteiger partial charge on any atom is -0.323 e. The third-order valence-corrected chi connectivity index (χ3v) is 5.77. The fourth-order valence-corrected chi connectivity index (χ4v) is 4.24. The zero-order chi connectivity index (χ0) is 13.2. The van der Waals surface area contributed by atoms with Crippen LogP contribution in [0.3, 0.4) is 0 Å². The third kappa shape index (κ3) is 2.59. The maximum atomic E-state index is 6.36. The normalized spacial score (nSPS) is 12.9. The average Bonchev–Trinajstić information content (AvgIpc) is 3.06. The number of aryl methyl sites for hydroxylation is 1. The zero-order valence-electron chi connectivity index (χ0n) is 10.9. The molecule has 2 N–H and O–H groups in total. The van der Waals surface area contributed by atoms with E-state index in [0.29, 0.717) is 0 Å². The molecule has 0 spiro atoms. The number of hydrogen-bond acceptors (Lipinski definition) is 3. The molecule has 1 nitrogen and oxygen atoms in total. The predicted molar refractivity (Wildman–Crippen MR) is 86.2 cm³/mol. The van der Waals surface area contributed by atoms with E-state index < -0.39 is 0 Å². The Labute approximate surface area is 121 Å².